The molecule has 2 rings (SSSR count). The SMILES string of the molecule is CC[C@H](C)NCc1cc(C#N)nc2cc[nH]c12. The monoisotopic (exact) mass is 228 g/mol. The second kappa shape index (κ2) is 4.98. The molecule has 2 aromatic heterocycles. The van der Waals surface area contributed by atoms with Gasteiger partial charge in [0, 0.05) is 18.8 Å². The van der Waals surface area contributed by atoms with E-state index in [9.17, 15) is 0 Å². The highest BCUT2D eigenvalue weighted by Gasteiger charge is 2.07. The Morgan fingerprint density at radius 3 is 3.12 bits per heavy atom. The summed E-state index contributed by atoms with van der Waals surface area (Å²) in [5.74, 6) is 0. The highest BCUT2D eigenvalue weighted by Crippen LogP contribution is 2.16. The van der Waals surface area contributed by atoms with Crippen molar-refractivity contribution >= 4 is 11.0 Å². The van der Waals surface area contributed by atoms with Crippen LogP contribution in [0.4, 0.5) is 0 Å². The van der Waals surface area contributed by atoms with Gasteiger partial charge in [0.25, 0.3) is 0 Å². The van der Waals surface area contributed by atoms with Gasteiger partial charge in [0.05, 0.1) is 11.0 Å². The zero-order chi connectivity index (χ0) is 12.3. The van der Waals surface area contributed by atoms with Gasteiger partial charge in [-0.2, -0.15) is 5.26 Å². The second-order valence-corrected chi connectivity index (χ2v) is 4.21. The summed E-state index contributed by atoms with van der Waals surface area (Å²) in [6.45, 7) is 5.05. The van der Waals surface area contributed by atoms with Gasteiger partial charge in [-0.25, -0.2) is 4.98 Å². The van der Waals surface area contributed by atoms with Crippen molar-refractivity contribution in [2.24, 2.45) is 0 Å². The lowest BCUT2D eigenvalue weighted by Crippen LogP contribution is -2.24. The molecule has 1 atom stereocenters. The summed E-state index contributed by atoms with van der Waals surface area (Å²) < 4.78 is 0. The molecule has 2 aromatic rings. The van der Waals surface area contributed by atoms with Gasteiger partial charge >= 0.3 is 0 Å². The molecular formula is C13H16N4. The third-order valence-electron chi connectivity index (χ3n) is 2.97. The molecule has 4 nitrogen and oxygen atoms in total. The van der Waals surface area contributed by atoms with Crippen molar-refractivity contribution in [3.8, 4) is 6.07 Å². The van der Waals surface area contributed by atoms with Crippen LogP contribution in [-0.4, -0.2) is 16.0 Å². The Hall–Kier alpha value is -1.86. The summed E-state index contributed by atoms with van der Waals surface area (Å²) in [5, 5.41) is 12.4. The summed E-state index contributed by atoms with van der Waals surface area (Å²) >= 11 is 0. The molecule has 0 aliphatic heterocycles. The Labute approximate surface area is 101 Å². The van der Waals surface area contributed by atoms with Gasteiger partial charge in [-0.15, -0.1) is 0 Å². The Bertz CT molecular complexity index is 550. The fraction of sp³-hybridized carbons (Fsp3) is 0.385. The molecule has 0 saturated carbocycles. The summed E-state index contributed by atoms with van der Waals surface area (Å²) in [5.41, 5.74) is 3.43. The molecular weight excluding hydrogens is 212 g/mol. The Morgan fingerprint density at radius 2 is 2.41 bits per heavy atom. The lowest BCUT2D eigenvalue weighted by atomic mass is 10.1. The van der Waals surface area contributed by atoms with E-state index in [4.69, 9.17) is 5.26 Å². The lowest BCUT2D eigenvalue weighted by Gasteiger charge is -2.11. The van der Waals surface area contributed by atoms with Gasteiger partial charge in [-0.1, -0.05) is 6.92 Å². The predicted molar refractivity (Wildman–Crippen MR) is 67.4 cm³/mol. The number of nitrogens with zero attached hydrogens (tertiary/aromatic N) is 2. The van der Waals surface area contributed by atoms with E-state index in [1.54, 1.807) is 0 Å². The molecule has 2 N–H and O–H groups in total. The topological polar surface area (TPSA) is 64.5 Å². The number of aromatic amines is 1. The van der Waals surface area contributed by atoms with E-state index < -0.39 is 0 Å². The maximum atomic E-state index is 8.94. The van der Waals surface area contributed by atoms with E-state index in [0.29, 0.717) is 11.7 Å². The largest absolute Gasteiger partial charge is 0.360 e. The van der Waals surface area contributed by atoms with E-state index in [1.165, 1.54) is 0 Å². The van der Waals surface area contributed by atoms with Gasteiger partial charge in [0.2, 0.25) is 0 Å². The maximum absolute atomic E-state index is 8.94. The molecule has 0 spiro atoms. The third-order valence-corrected chi connectivity index (χ3v) is 2.97. The van der Waals surface area contributed by atoms with Crippen LogP contribution in [0.1, 0.15) is 31.5 Å². The quantitative estimate of drug-likeness (QED) is 0.844. The van der Waals surface area contributed by atoms with Crippen LogP contribution in [0.3, 0.4) is 0 Å². The molecule has 0 aliphatic rings. The van der Waals surface area contributed by atoms with Gasteiger partial charge in [0.15, 0.2) is 0 Å². The van der Waals surface area contributed by atoms with Crippen LogP contribution in [0.25, 0.3) is 11.0 Å². The molecule has 0 bridgehead atoms. The number of aromatic nitrogens is 2. The molecule has 0 aliphatic carbocycles. The van der Waals surface area contributed by atoms with Crippen molar-refractivity contribution in [1.82, 2.24) is 15.3 Å². The van der Waals surface area contributed by atoms with Gasteiger partial charge in [-0.3, -0.25) is 0 Å². The van der Waals surface area contributed by atoms with Gasteiger partial charge < -0.3 is 10.3 Å². The van der Waals surface area contributed by atoms with Crippen molar-refractivity contribution in [3.05, 3.63) is 29.6 Å². The van der Waals surface area contributed by atoms with Crippen molar-refractivity contribution in [3.63, 3.8) is 0 Å². The van der Waals surface area contributed by atoms with Crippen molar-refractivity contribution in [2.45, 2.75) is 32.9 Å². The average Bonchev–Trinajstić information content (AvgIpc) is 2.83. The third kappa shape index (κ3) is 2.45. The van der Waals surface area contributed by atoms with Crippen LogP contribution in [0.2, 0.25) is 0 Å². The van der Waals surface area contributed by atoms with Gasteiger partial charge in [-0.05, 0) is 31.0 Å². The van der Waals surface area contributed by atoms with Crippen LogP contribution < -0.4 is 5.32 Å². The van der Waals surface area contributed by atoms with Crippen LogP contribution in [-0.2, 0) is 6.54 Å². The molecule has 0 saturated heterocycles. The van der Waals surface area contributed by atoms with E-state index in [-0.39, 0.29) is 0 Å². The van der Waals surface area contributed by atoms with E-state index >= 15 is 0 Å². The molecule has 88 valence electrons. The average molecular weight is 228 g/mol. The summed E-state index contributed by atoms with van der Waals surface area (Å²) in [6.07, 6.45) is 2.94. The van der Waals surface area contributed by atoms with Crippen molar-refractivity contribution < 1.29 is 0 Å². The van der Waals surface area contributed by atoms with E-state index in [1.807, 2.05) is 18.3 Å². The number of pyridine rings is 1. The maximum Gasteiger partial charge on any atom is 0.141 e. The number of fused-ring (bicyclic) bond motifs is 1. The molecule has 0 radical (unpaired) electrons. The zero-order valence-electron chi connectivity index (χ0n) is 10.1. The molecule has 2 heterocycles. The lowest BCUT2D eigenvalue weighted by molar-refractivity contribution is 0.535. The Morgan fingerprint density at radius 1 is 1.59 bits per heavy atom. The number of rotatable bonds is 4. The molecule has 4 heteroatoms. The van der Waals surface area contributed by atoms with Crippen LogP contribution >= 0.6 is 0 Å². The zero-order valence-corrected chi connectivity index (χ0v) is 10.1. The molecule has 0 fully saturated rings. The number of hydrogen-bond acceptors (Lipinski definition) is 3. The number of nitriles is 1. The van der Waals surface area contributed by atoms with Crippen LogP contribution in [0.5, 0.6) is 0 Å². The minimum absolute atomic E-state index is 0.470. The van der Waals surface area contributed by atoms with E-state index in [0.717, 1.165) is 29.6 Å². The predicted octanol–water partition coefficient (Wildman–Crippen LogP) is 2.32. The highest BCUT2D eigenvalue weighted by molar-refractivity contribution is 5.79. The highest BCUT2D eigenvalue weighted by atomic mass is 14.9. The first-order valence-corrected chi connectivity index (χ1v) is 5.85. The second-order valence-electron chi connectivity index (χ2n) is 4.21. The Balaban J connectivity index is 2.31. The van der Waals surface area contributed by atoms with Gasteiger partial charge in [0.1, 0.15) is 11.8 Å². The normalized spacial score (nSPS) is 12.5. The van der Waals surface area contributed by atoms with Crippen LogP contribution in [0.15, 0.2) is 18.3 Å². The van der Waals surface area contributed by atoms with Crippen molar-refractivity contribution in [1.29, 1.82) is 5.26 Å². The minimum atomic E-state index is 0.470. The summed E-state index contributed by atoms with van der Waals surface area (Å²) in [4.78, 5) is 7.41. The fourth-order valence-corrected chi connectivity index (χ4v) is 1.74. The first-order valence-electron chi connectivity index (χ1n) is 5.85. The standard InChI is InChI=1S/C13H16N4/c1-3-9(2)16-8-10-6-11(7-14)17-12-4-5-15-13(10)12/h4-6,9,15-16H,3,8H2,1-2H3/t9-/m0/s1. The molecule has 0 aromatic carbocycles. The molecule has 17 heavy (non-hydrogen) atoms. The first-order chi connectivity index (χ1) is 8.24. The summed E-state index contributed by atoms with van der Waals surface area (Å²) in [6, 6.07) is 6.30. The number of nitrogens with one attached hydrogen (secondary N) is 2. The minimum Gasteiger partial charge on any atom is -0.360 e. The molecule has 0 amide bonds. The first kappa shape index (κ1) is 11.6. The fourth-order valence-electron chi connectivity index (χ4n) is 1.74. The van der Waals surface area contributed by atoms with Crippen LogP contribution in [0, 0.1) is 11.3 Å². The number of H-pyrrole nitrogens is 1. The Kier molecular flexibility index (Phi) is 3.40. The number of hydrogen-bond donors (Lipinski definition) is 2. The molecule has 0 unspecified atom stereocenters. The smallest absolute Gasteiger partial charge is 0.141 e. The summed E-state index contributed by atoms with van der Waals surface area (Å²) in [7, 11) is 0. The van der Waals surface area contributed by atoms with E-state index in [2.05, 4.69) is 35.2 Å². The van der Waals surface area contributed by atoms with Crippen molar-refractivity contribution in [2.75, 3.05) is 0 Å².